The van der Waals surface area contributed by atoms with Gasteiger partial charge in [-0.15, -0.1) is 0 Å². The third kappa shape index (κ3) is 2.21. The number of allylic oxidation sites excluding steroid dienone is 1. The lowest BCUT2D eigenvalue weighted by molar-refractivity contribution is 0.755. The van der Waals surface area contributed by atoms with Gasteiger partial charge >= 0.3 is 0 Å². The van der Waals surface area contributed by atoms with E-state index in [1.165, 1.54) is 19.3 Å². The first kappa shape index (κ1) is 11.0. The highest BCUT2D eigenvalue weighted by molar-refractivity contribution is 5.64. The predicted molar refractivity (Wildman–Crippen MR) is 67.4 cm³/mol. The maximum atomic E-state index is 5.94. The van der Waals surface area contributed by atoms with Crippen molar-refractivity contribution in [2.24, 2.45) is 7.05 Å². The van der Waals surface area contributed by atoms with Crippen molar-refractivity contribution in [2.75, 3.05) is 17.6 Å². The molecule has 0 saturated heterocycles. The Morgan fingerprint density at radius 3 is 2.94 bits per heavy atom. The zero-order valence-electron chi connectivity index (χ0n) is 10.1. The molecule has 1 aliphatic rings. The van der Waals surface area contributed by atoms with Crippen molar-refractivity contribution in [3.05, 3.63) is 17.3 Å². The lowest BCUT2D eigenvalue weighted by Gasteiger charge is -2.08. The molecular weight excluding hydrogens is 200 g/mol. The van der Waals surface area contributed by atoms with E-state index >= 15 is 0 Å². The Morgan fingerprint density at radius 1 is 1.56 bits per heavy atom. The SMILES string of the molecule is Cc1nn(C)c(NCCC2=CCCC2)c1N. The normalized spacial score (nSPS) is 15.2. The highest BCUT2D eigenvalue weighted by atomic mass is 15.3. The smallest absolute Gasteiger partial charge is 0.147 e. The van der Waals surface area contributed by atoms with Gasteiger partial charge in [-0.25, -0.2) is 0 Å². The van der Waals surface area contributed by atoms with Crippen molar-refractivity contribution in [1.82, 2.24) is 9.78 Å². The molecule has 0 fully saturated rings. The number of anilines is 2. The summed E-state index contributed by atoms with van der Waals surface area (Å²) >= 11 is 0. The fourth-order valence-corrected chi connectivity index (χ4v) is 2.19. The maximum absolute atomic E-state index is 5.94. The summed E-state index contributed by atoms with van der Waals surface area (Å²) in [5.74, 6) is 0.941. The summed E-state index contributed by atoms with van der Waals surface area (Å²) in [5.41, 5.74) is 9.17. The van der Waals surface area contributed by atoms with Crippen LogP contribution in [0.2, 0.25) is 0 Å². The van der Waals surface area contributed by atoms with Crippen molar-refractivity contribution in [3.63, 3.8) is 0 Å². The van der Waals surface area contributed by atoms with Crippen LogP contribution in [0.25, 0.3) is 0 Å². The standard InChI is InChI=1S/C12H20N4/c1-9-11(13)12(16(2)15-9)14-8-7-10-5-3-4-6-10/h5,14H,3-4,6-8,13H2,1-2H3. The van der Waals surface area contributed by atoms with Crippen LogP contribution in [-0.2, 0) is 7.05 Å². The van der Waals surface area contributed by atoms with Crippen LogP contribution >= 0.6 is 0 Å². The number of nitrogen functional groups attached to an aromatic ring is 1. The van der Waals surface area contributed by atoms with E-state index in [-0.39, 0.29) is 0 Å². The van der Waals surface area contributed by atoms with E-state index < -0.39 is 0 Å². The van der Waals surface area contributed by atoms with Crippen molar-refractivity contribution in [3.8, 4) is 0 Å². The zero-order chi connectivity index (χ0) is 11.5. The van der Waals surface area contributed by atoms with E-state index in [0.717, 1.165) is 30.2 Å². The van der Waals surface area contributed by atoms with Crippen molar-refractivity contribution < 1.29 is 0 Å². The zero-order valence-corrected chi connectivity index (χ0v) is 10.1. The predicted octanol–water partition coefficient (Wildman–Crippen LogP) is 2.22. The molecule has 0 aromatic carbocycles. The number of nitrogens with one attached hydrogen (secondary N) is 1. The quantitative estimate of drug-likeness (QED) is 0.765. The third-order valence-corrected chi connectivity index (χ3v) is 3.14. The Balaban J connectivity index is 1.89. The first-order valence-corrected chi connectivity index (χ1v) is 5.89. The summed E-state index contributed by atoms with van der Waals surface area (Å²) < 4.78 is 1.81. The van der Waals surface area contributed by atoms with Gasteiger partial charge in [0.2, 0.25) is 0 Å². The molecule has 4 heteroatoms. The molecule has 88 valence electrons. The molecule has 0 radical (unpaired) electrons. The monoisotopic (exact) mass is 220 g/mol. The van der Waals surface area contributed by atoms with Gasteiger partial charge in [-0.2, -0.15) is 5.10 Å². The van der Waals surface area contributed by atoms with Crippen molar-refractivity contribution in [2.45, 2.75) is 32.6 Å². The fourth-order valence-electron chi connectivity index (χ4n) is 2.19. The summed E-state index contributed by atoms with van der Waals surface area (Å²) in [5, 5.41) is 7.64. The first-order valence-electron chi connectivity index (χ1n) is 5.89. The summed E-state index contributed by atoms with van der Waals surface area (Å²) in [4.78, 5) is 0. The maximum Gasteiger partial charge on any atom is 0.147 e. The van der Waals surface area contributed by atoms with Crippen LogP contribution in [-0.4, -0.2) is 16.3 Å². The topological polar surface area (TPSA) is 55.9 Å². The Morgan fingerprint density at radius 2 is 2.38 bits per heavy atom. The molecule has 16 heavy (non-hydrogen) atoms. The highest BCUT2D eigenvalue weighted by Gasteiger charge is 2.09. The van der Waals surface area contributed by atoms with Gasteiger partial charge in [-0.1, -0.05) is 11.6 Å². The van der Waals surface area contributed by atoms with Gasteiger partial charge < -0.3 is 11.1 Å². The fraction of sp³-hybridized carbons (Fsp3) is 0.583. The summed E-state index contributed by atoms with van der Waals surface area (Å²) in [6.45, 7) is 2.87. The van der Waals surface area contributed by atoms with E-state index in [4.69, 9.17) is 5.73 Å². The number of hydrogen-bond acceptors (Lipinski definition) is 3. The lowest BCUT2D eigenvalue weighted by atomic mass is 10.2. The molecule has 0 bridgehead atoms. The lowest BCUT2D eigenvalue weighted by Crippen LogP contribution is -2.08. The summed E-state index contributed by atoms with van der Waals surface area (Å²) in [6.07, 6.45) is 7.31. The first-order chi connectivity index (χ1) is 7.68. The molecule has 1 aromatic rings. The minimum atomic E-state index is 0.767. The van der Waals surface area contributed by atoms with E-state index in [1.54, 1.807) is 5.57 Å². The number of aryl methyl sites for hydroxylation is 2. The van der Waals surface area contributed by atoms with Crippen LogP contribution in [0.1, 0.15) is 31.4 Å². The number of aromatic nitrogens is 2. The third-order valence-electron chi connectivity index (χ3n) is 3.14. The molecule has 3 N–H and O–H groups in total. The minimum Gasteiger partial charge on any atom is -0.394 e. The van der Waals surface area contributed by atoms with Crippen LogP contribution < -0.4 is 11.1 Å². The van der Waals surface area contributed by atoms with Crippen molar-refractivity contribution in [1.29, 1.82) is 0 Å². The van der Waals surface area contributed by atoms with Gasteiger partial charge in [0.15, 0.2) is 0 Å². The average molecular weight is 220 g/mol. The molecular formula is C12H20N4. The van der Waals surface area contributed by atoms with Crippen LogP contribution in [0, 0.1) is 6.92 Å². The molecule has 1 aliphatic carbocycles. The van der Waals surface area contributed by atoms with E-state index in [0.29, 0.717) is 0 Å². The van der Waals surface area contributed by atoms with Gasteiger partial charge in [0.25, 0.3) is 0 Å². The van der Waals surface area contributed by atoms with Crippen molar-refractivity contribution >= 4 is 11.5 Å². The number of nitrogens with two attached hydrogens (primary N) is 1. The Bertz CT molecular complexity index is 403. The summed E-state index contributed by atoms with van der Waals surface area (Å²) in [6, 6.07) is 0. The molecule has 0 unspecified atom stereocenters. The Kier molecular flexibility index (Phi) is 3.17. The van der Waals surface area contributed by atoms with Gasteiger partial charge in [-0.05, 0) is 32.6 Å². The van der Waals surface area contributed by atoms with E-state index in [9.17, 15) is 0 Å². The van der Waals surface area contributed by atoms with Gasteiger partial charge in [0, 0.05) is 13.6 Å². The number of nitrogens with zero attached hydrogens (tertiary/aromatic N) is 2. The average Bonchev–Trinajstić information content (AvgIpc) is 2.82. The molecule has 2 rings (SSSR count). The molecule has 0 saturated carbocycles. The van der Waals surface area contributed by atoms with Crippen LogP contribution in [0.15, 0.2) is 11.6 Å². The second kappa shape index (κ2) is 4.60. The van der Waals surface area contributed by atoms with Crippen LogP contribution in [0.3, 0.4) is 0 Å². The number of rotatable bonds is 4. The van der Waals surface area contributed by atoms with E-state index in [1.807, 2.05) is 18.7 Å². The van der Waals surface area contributed by atoms with Gasteiger partial charge in [0.1, 0.15) is 5.82 Å². The largest absolute Gasteiger partial charge is 0.394 e. The molecule has 0 amide bonds. The Labute approximate surface area is 96.5 Å². The van der Waals surface area contributed by atoms with Crippen LogP contribution in [0.5, 0.6) is 0 Å². The van der Waals surface area contributed by atoms with Gasteiger partial charge in [-0.3, -0.25) is 4.68 Å². The second-order valence-electron chi connectivity index (χ2n) is 4.40. The molecule has 0 atom stereocenters. The highest BCUT2D eigenvalue weighted by Crippen LogP contribution is 2.23. The molecule has 0 aliphatic heterocycles. The van der Waals surface area contributed by atoms with Crippen LogP contribution in [0.4, 0.5) is 11.5 Å². The second-order valence-corrected chi connectivity index (χ2v) is 4.40. The number of hydrogen-bond donors (Lipinski definition) is 2. The molecule has 1 aromatic heterocycles. The Hall–Kier alpha value is -1.45. The van der Waals surface area contributed by atoms with Gasteiger partial charge in [0.05, 0.1) is 11.4 Å². The minimum absolute atomic E-state index is 0.767. The molecule has 0 spiro atoms. The molecule has 4 nitrogen and oxygen atoms in total. The molecule has 1 heterocycles. The summed E-state index contributed by atoms with van der Waals surface area (Å²) in [7, 11) is 1.92. The van der Waals surface area contributed by atoms with E-state index in [2.05, 4.69) is 16.5 Å².